The van der Waals surface area contributed by atoms with Crippen LogP contribution in [0, 0.1) is 0 Å². The van der Waals surface area contributed by atoms with Crippen molar-refractivity contribution in [3.63, 3.8) is 0 Å². The third kappa shape index (κ3) is 5.34. The Labute approximate surface area is 192 Å². The molecule has 1 aliphatic carbocycles. The average molecular weight is 482 g/mol. The molecule has 3 fully saturated rings. The van der Waals surface area contributed by atoms with Crippen molar-refractivity contribution in [2.75, 3.05) is 20.2 Å². The van der Waals surface area contributed by atoms with Crippen LogP contribution in [-0.4, -0.2) is 131 Å². The van der Waals surface area contributed by atoms with E-state index in [-0.39, 0.29) is 19.6 Å². The molecule has 2 heterocycles. The summed E-state index contributed by atoms with van der Waals surface area (Å²) in [7, 11) is 1.59. The monoisotopic (exact) mass is 481 g/mol. The summed E-state index contributed by atoms with van der Waals surface area (Å²) in [6, 6.07) is -3.32. The number of aliphatic hydroxyl groups is 5. The maximum Gasteiger partial charge on any atom is 0.185 e. The number of nitrogens with two attached hydrogens (primary N) is 4. The Morgan fingerprint density at radius 3 is 2.06 bits per heavy atom. The van der Waals surface area contributed by atoms with Crippen molar-refractivity contribution in [1.29, 1.82) is 0 Å². The molecular formula is C19H39N5O9. The number of rotatable bonds is 6. The Morgan fingerprint density at radius 2 is 1.52 bits per heavy atom. The van der Waals surface area contributed by atoms with Gasteiger partial charge in [0.05, 0.1) is 18.7 Å². The summed E-state index contributed by atoms with van der Waals surface area (Å²) in [4.78, 5) is 0. The summed E-state index contributed by atoms with van der Waals surface area (Å²) >= 11 is 0. The standard InChI is InChI=1S/C19H39N5O9/c1-19(29)5-30-18(13(28)16(19)24-2)33-15-7(22)3-6(21)14(12(15)27)32-17-9(23)11(26)10(25)8(4-20)31-17/h6-18,24-29H,3-5,20-23H2,1-2H3/t6-,7+,8+,9+,10+,11+,12-,13+,14+,15-,16+,17+,18+,19-/m0/s1. The van der Waals surface area contributed by atoms with E-state index in [1.807, 2.05) is 0 Å². The van der Waals surface area contributed by atoms with Crippen LogP contribution in [0.25, 0.3) is 0 Å². The fourth-order valence-electron chi connectivity index (χ4n) is 4.78. The van der Waals surface area contributed by atoms with Crippen molar-refractivity contribution in [3.05, 3.63) is 0 Å². The second-order valence-electron chi connectivity index (χ2n) is 9.39. The van der Waals surface area contributed by atoms with Crippen molar-refractivity contribution < 1.29 is 44.5 Å². The Balaban J connectivity index is 1.71. The van der Waals surface area contributed by atoms with Gasteiger partial charge in [0.15, 0.2) is 12.6 Å². The molecule has 2 aliphatic heterocycles. The van der Waals surface area contributed by atoms with E-state index in [2.05, 4.69) is 5.32 Å². The summed E-state index contributed by atoms with van der Waals surface area (Å²) in [6.45, 7) is 1.31. The SMILES string of the molecule is CN[C@@H]1[C@@H](O)[C@@H](O[C@@H]2[C@@H](O)[C@H](O[C@H]3O[C@H](CN)[C@@H](O)[C@H](O)[C@H]3N)[C@@H](N)C[C@H]2N)OC[C@]1(C)O. The zero-order valence-electron chi connectivity index (χ0n) is 18.8. The van der Waals surface area contributed by atoms with Crippen LogP contribution in [0.15, 0.2) is 0 Å². The third-order valence-electron chi connectivity index (χ3n) is 6.77. The molecule has 3 rings (SSSR count). The van der Waals surface area contributed by atoms with Crippen LogP contribution in [-0.2, 0) is 18.9 Å². The van der Waals surface area contributed by atoms with Gasteiger partial charge >= 0.3 is 0 Å². The molecule has 1 saturated carbocycles. The maximum absolute atomic E-state index is 11.0. The van der Waals surface area contributed by atoms with Crippen molar-refractivity contribution in [2.45, 2.75) is 98.4 Å². The fraction of sp³-hybridized carbons (Fsp3) is 1.00. The lowest BCUT2D eigenvalue weighted by atomic mass is 9.84. The highest BCUT2D eigenvalue weighted by molar-refractivity contribution is 5.02. The van der Waals surface area contributed by atoms with Crippen molar-refractivity contribution >= 4 is 0 Å². The summed E-state index contributed by atoms with van der Waals surface area (Å²) in [5.41, 5.74) is 22.6. The van der Waals surface area contributed by atoms with Gasteiger partial charge in [0.2, 0.25) is 0 Å². The Kier molecular flexibility index (Phi) is 8.68. The van der Waals surface area contributed by atoms with Gasteiger partial charge in [0.1, 0.15) is 48.3 Å². The normalized spacial score (nSPS) is 53.7. The van der Waals surface area contributed by atoms with Gasteiger partial charge in [-0.3, -0.25) is 0 Å². The molecule has 0 aromatic rings. The first-order chi connectivity index (χ1) is 15.4. The van der Waals surface area contributed by atoms with Crippen LogP contribution in [0.2, 0.25) is 0 Å². The molecule has 0 amide bonds. The van der Waals surface area contributed by atoms with E-state index >= 15 is 0 Å². The van der Waals surface area contributed by atoms with Gasteiger partial charge in [-0.05, 0) is 20.4 Å². The second kappa shape index (κ2) is 10.6. The van der Waals surface area contributed by atoms with Crippen LogP contribution < -0.4 is 28.3 Å². The Morgan fingerprint density at radius 1 is 0.939 bits per heavy atom. The molecule has 33 heavy (non-hydrogen) atoms. The quantitative estimate of drug-likeness (QED) is 0.169. The van der Waals surface area contributed by atoms with E-state index in [0.717, 1.165) is 0 Å². The molecule has 0 unspecified atom stereocenters. The molecule has 0 spiro atoms. The van der Waals surface area contributed by atoms with Gasteiger partial charge in [0.25, 0.3) is 0 Å². The van der Waals surface area contributed by atoms with Crippen molar-refractivity contribution in [2.24, 2.45) is 22.9 Å². The lowest BCUT2D eigenvalue weighted by molar-refractivity contribution is -0.314. The zero-order chi connectivity index (χ0) is 24.7. The van der Waals surface area contributed by atoms with Crippen molar-refractivity contribution in [1.82, 2.24) is 5.32 Å². The second-order valence-corrected chi connectivity index (χ2v) is 9.39. The van der Waals surface area contributed by atoms with E-state index in [4.69, 9.17) is 41.9 Å². The molecule has 2 saturated heterocycles. The minimum atomic E-state index is -1.37. The highest BCUT2D eigenvalue weighted by Gasteiger charge is 2.51. The summed E-state index contributed by atoms with van der Waals surface area (Å²) in [6.07, 6.45) is -10.5. The number of nitrogens with one attached hydrogen (secondary N) is 1. The topological polar surface area (TPSA) is 254 Å². The zero-order valence-corrected chi connectivity index (χ0v) is 18.8. The Hall–Kier alpha value is -0.560. The van der Waals surface area contributed by atoms with E-state index < -0.39 is 85.1 Å². The molecule has 0 radical (unpaired) electrons. The van der Waals surface area contributed by atoms with E-state index in [9.17, 15) is 25.5 Å². The molecule has 0 aromatic heterocycles. The lowest BCUT2D eigenvalue weighted by Gasteiger charge is -2.49. The molecule has 0 aromatic carbocycles. The summed E-state index contributed by atoms with van der Waals surface area (Å²) in [5, 5.41) is 55.2. The fourth-order valence-corrected chi connectivity index (χ4v) is 4.78. The number of ether oxygens (including phenoxy) is 4. The number of hydrogen-bond acceptors (Lipinski definition) is 14. The molecule has 3 aliphatic rings. The van der Waals surface area contributed by atoms with E-state index in [1.165, 1.54) is 6.92 Å². The van der Waals surface area contributed by atoms with Gasteiger partial charge in [-0.15, -0.1) is 0 Å². The lowest BCUT2D eigenvalue weighted by Crippen LogP contribution is -2.69. The number of hydrogen-bond donors (Lipinski definition) is 10. The molecule has 14 atom stereocenters. The molecule has 0 bridgehead atoms. The van der Waals surface area contributed by atoms with Crippen molar-refractivity contribution in [3.8, 4) is 0 Å². The smallest absolute Gasteiger partial charge is 0.185 e. The summed E-state index contributed by atoms with van der Waals surface area (Å²) in [5.74, 6) is 0. The minimum Gasteiger partial charge on any atom is -0.388 e. The number of aliphatic hydroxyl groups excluding tert-OH is 4. The first-order valence-electron chi connectivity index (χ1n) is 11.1. The maximum atomic E-state index is 11.0. The molecule has 14 heteroatoms. The predicted octanol–water partition coefficient (Wildman–Crippen LogP) is -6.04. The van der Waals surface area contributed by atoms with Crippen LogP contribution in [0.3, 0.4) is 0 Å². The van der Waals surface area contributed by atoms with Crippen LogP contribution in [0.5, 0.6) is 0 Å². The molecule has 194 valence electrons. The highest BCUT2D eigenvalue weighted by Crippen LogP contribution is 2.31. The largest absolute Gasteiger partial charge is 0.388 e. The van der Waals surface area contributed by atoms with Gasteiger partial charge < -0.3 is 72.7 Å². The summed E-state index contributed by atoms with van der Waals surface area (Å²) < 4.78 is 22.8. The van der Waals surface area contributed by atoms with E-state index in [1.54, 1.807) is 7.05 Å². The van der Waals surface area contributed by atoms with Crippen LogP contribution in [0.4, 0.5) is 0 Å². The molecular weight excluding hydrogens is 442 g/mol. The van der Waals surface area contributed by atoms with Gasteiger partial charge in [-0.2, -0.15) is 0 Å². The number of likely N-dealkylation sites (N-methyl/N-ethyl adjacent to an activating group) is 1. The van der Waals surface area contributed by atoms with Crippen LogP contribution >= 0.6 is 0 Å². The average Bonchev–Trinajstić information content (AvgIpc) is 2.75. The molecule has 14 N–H and O–H groups in total. The van der Waals surface area contributed by atoms with E-state index in [0.29, 0.717) is 0 Å². The molecule has 14 nitrogen and oxygen atoms in total. The minimum absolute atomic E-state index is 0.0893. The van der Waals surface area contributed by atoms with Gasteiger partial charge in [0, 0.05) is 18.6 Å². The first-order valence-corrected chi connectivity index (χ1v) is 11.1. The Bertz CT molecular complexity index is 647. The third-order valence-corrected chi connectivity index (χ3v) is 6.77. The van der Waals surface area contributed by atoms with Gasteiger partial charge in [-0.1, -0.05) is 0 Å². The highest BCUT2D eigenvalue weighted by atomic mass is 16.7. The first kappa shape index (κ1) is 27.0. The predicted molar refractivity (Wildman–Crippen MR) is 113 cm³/mol. The van der Waals surface area contributed by atoms with Crippen LogP contribution in [0.1, 0.15) is 13.3 Å². The van der Waals surface area contributed by atoms with Gasteiger partial charge in [-0.25, -0.2) is 0 Å².